The van der Waals surface area contributed by atoms with Crippen molar-refractivity contribution in [1.29, 1.82) is 0 Å². The number of imidazole rings is 2. The molecule has 7 aromatic rings. The van der Waals surface area contributed by atoms with E-state index < -0.39 is 0 Å². The number of hydrogen-bond donors (Lipinski definition) is 2. The highest BCUT2D eigenvalue weighted by Gasteiger charge is 2.18. The van der Waals surface area contributed by atoms with E-state index >= 15 is 0 Å². The number of nitrogens with one attached hydrogen (secondary N) is 2. The molecule has 0 amide bonds. The van der Waals surface area contributed by atoms with Crippen LogP contribution in [0.3, 0.4) is 0 Å². The van der Waals surface area contributed by atoms with Gasteiger partial charge in [0.2, 0.25) is 0 Å². The lowest BCUT2D eigenvalue weighted by molar-refractivity contribution is 1.31. The van der Waals surface area contributed by atoms with Gasteiger partial charge in [-0.05, 0) is 69.4 Å². The van der Waals surface area contributed by atoms with Crippen molar-refractivity contribution < 1.29 is 0 Å². The predicted octanol–water partition coefficient (Wildman–Crippen LogP) is 10.3. The van der Waals surface area contributed by atoms with Crippen molar-refractivity contribution >= 4 is 45.2 Å². The summed E-state index contributed by atoms with van der Waals surface area (Å²) in [7, 11) is 0. The molecular weight excluding hydrogens is 742 g/mol. The molecule has 0 fully saturated rings. The summed E-state index contributed by atoms with van der Waals surface area (Å²) in [5, 5.41) is 0. The van der Waals surface area contributed by atoms with Gasteiger partial charge in [0.05, 0.1) is 22.8 Å². The average Bonchev–Trinajstić information content (AvgIpc) is 3.68. The molecule has 0 spiro atoms. The van der Waals surface area contributed by atoms with E-state index in [2.05, 4.69) is 152 Å². The third-order valence-corrected chi connectivity index (χ3v) is 8.50. The van der Waals surface area contributed by atoms with Crippen LogP contribution >= 0.6 is 45.2 Å². The molecule has 2 N–H and O–H groups in total. The highest BCUT2D eigenvalue weighted by molar-refractivity contribution is 14.1. The highest BCUT2D eigenvalue weighted by atomic mass is 127. The maximum atomic E-state index is 5.07. The summed E-state index contributed by atoms with van der Waals surface area (Å²) in [5.41, 5.74) is 10.3. The largest absolute Gasteiger partial charge is 0.337 e. The zero-order valence-electron chi connectivity index (χ0n) is 22.4. The summed E-state index contributed by atoms with van der Waals surface area (Å²) in [6.07, 6.45) is 0. The van der Waals surface area contributed by atoms with E-state index in [1.807, 2.05) is 36.4 Å². The number of aromatic nitrogens is 4. The van der Waals surface area contributed by atoms with E-state index in [0.717, 1.165) is 67.8 Å². The molecule has 0 bridgehead atoms. The molecule has 2 aromatic heterocycles. The molecule has 0 radical (unpaired) electrons. The Hall–Kier alpha value is -4.02. The first-order chi connectivity index (χ1) is 20.6. The first kappa shape index (κ1) is 26.9. The van der Waals surface area contributed by atoms with Crippen molar-refractivity contribution in [3.63, 3.8) is 0 Å². The lowest BCUT2D eigenvalue weighted by Gasteiger charge is -2.07. The normalized spacial score (nSPS) is 11.1. The highest BCUT2D eigenvalue weighted by Crippen LogP contribution is 2.37. The van der Waals surface area contributed by atoms with Gasteiger partial charge in [-0.3, -0.25) is 0 Å². The molecule has 202 valence electrons. The SMILES string of the molecule is Ic1cccc(-c2nc(-c3ccccc3)[nH]c2-c2ccc(-c3[nH]c(-c4ccccc4)nc3-c3cccc(I)c3)cc2)c1. The van der Waals surface area contributed by atoms with Gasteiger partial charge >= 0.3 is 0 Å². The number of aromatic amines is 2. The molecule has 0 aliphatic heterocycles. The van der Waals surface area contributed by atoms with E-state index in [1.165, 1.54) is 7.14 Å². The second-order valence-corrected chi connectivity index (χ2v) is 12.4. The van der Waals surface area contributed by atoms with E-state index in [1.54, 1.807) is 0 Å². The number of benzene rings is 5. The molecule has 7 rings (SSSR count). The van der Waals surface area contributed by atoms with Gasteiger partial charge in [-0.2, -0.15) is 0 Å². The lowest BCUT2D eigenvalue weighted by atomic mass is 10.0. The first-order valence-electron chi connectivity index (χ1n) is 13.6. The molecular formula is C36H24I2N4. The van der Waals surface area contributed by atoms with Gasteiger partial charge in [0.1, 0.15) is 11.6 Å². The summed E-state index contributed by atoms with van der Waals surface area (Å²) in [4.78, 5) is 17.4. The van der Waals surface area contributed by atoms with Crippen molar-refractivity contribution in [1.82, 2.24) is 19.9 Å². The van der Waals surface area contributed by atoms with Crippen LogP contribution in [0.25, 0.3) is 67.8 Å². The fourth-order valence-electron chi connectivity index (χ4n) is 5.12. The standard InChI is InChI=1S/C36H24I2N4/c37-29-15-7-13-27(21-29)33-31(39-35(41-33)25-9-3-1-4-10-25)23-17-19-24(20-18-23)32-34(28-14-8-16-30(38)22-28)42-36(40-32)26-11-5-2-6-12-26/h1-22H,(H,39,41)(H,40,42). The quantitative estimate of drug-likeness (QED) is 0.166. The van der Waals surface area contributed by atoms with Crippen molar-refractivity contribution in [3.8, 4) is 67.8 Å². The number of halogens is 2. The Labute approximate surface area is 271 Å². The molecule has 0 atom stereocenters. The summed E-state index contributed by atoms with van der Waals surface area (Å²) in [6.45, 7) is 0. The number of nitrogens with zero attached hydrogens (tertiary/aromatic N) is 2. The van der Waals surface area contributed by atoms with Crippen LogP contribution < -0.4 is 0 Å². The molecule has 42 heavy (non-hydrogen) atoms. The number of rotatable bonds is 6. The minimum atomic E-state index is 0.852. The third kappa shape index (κ3) is 5.44. The third-order valence-electron chi connectivity index (χ3n) is 7.16. The van der Waals surface area contributed by atoms with Crippen LogP contribution in [0, 0.1) is 7.14 Å². The monoisotopic (exact) mass is 766 g/mol. The maximum absolute atomic E-state index is 5.07. The van der Waals surface area contributed by atoms with E-state index in [4.69, 9.17) is 9.97 Å². The summed E-state index contributed by atoms with van der Waals surface area (Å²) in [5.74, 6) is 1.70. The Bertz CT molecular complexity index is 1850. The van der Waals surface area contributed by atoms with Crippen LogP contribution in [0.5, 0.6) is 0 Å². The maximum Gasteiger partial charge on any atom is 0.138 e. The van der Waals surface area contributed by atoms with Crippen molar-refractivity contribution in [2.45, 2.75) is 0 Å². The van der Waals surface area contributed by atoms with Gasteiger partial charge in [-0.25, -0.2) is 9.97 Å². The van der Waals surface area contributed by atoms with Crippen molar-refractivity contribution in [3.05, 3.63) is 141 Å². The first-order valence-corrected chi connectivity index (χ1v) is 15.7. The second kappa shape index (κ2) is 11.7. The fraction of sp³-hybridized carbons (Fsp3) is 0. The Balaban J connectivity index is 1.33. The van der Waals surface area contributed by atoms with Crippen LogP contribution in [0.1, 0.15) is 0 Å². The van der Waals surface area contributed by atoms with Crippen LogP contribution in [0.4, 0.5) is 0 Å². The minimum absolute atomic E-state index is 0.852. The summed E-state index contributed by atoms with van der Waals surface area (Å²) >= 11 is 4.71. The molecule has 6 heteroatoms. The van der Waals surface area contributed by atoms with Gasteiger partial charge < -0.3 is 9.97 Å². The molecule has 5 aromatic carbocycles. The summed E-state index contributed by atoms with van der Waals surface area (Å²) < 4.78 is 2.35. The molecule has 0 aliphatic carbocycles. The molecule has 0 unspecified atom stereocenters. The Morgan fingerprint density at radius 3 is 1.14 bits per heavy atom. The number of H-pyrrole nitrogens is 2. The second-order valence-electron chi connectivity index (χ2n) is 9.95. The zero-order valence-corrected chi connectivity index (χ0v) is 26.7. The van der Waals surface area contributed by atoms with Crippen LogP contribution in [0.15, 0.2) is 133 Å². The Morgan fingerprint density at radius 1 is 0.381 bits per heavy atom. The van der Waals surface area contributed by atoms with Crippen molar-refractivity contribution in [2.24, 2.45) is 0 Å². The molecule has 4 nitrogen and oxygen atoms in total. The molecule has 2 heterocycles. The molecule has 0 aliphatic rings. The molecule has 0 saturated heterocycles. The average molecular weight is 766 g/mol. The van der Waals surface area contributed by atoms with Gasteiger partial charge in [0, 0.05) is 40.5 Å². The van der Waals surface area contributed by atoms with Gasteiger partial charge in [-0.15, -0.1) is 0 Å². The Morgan fingerprint density at radius 2 is 0.762 bits per heavy atom. The summed E-state index contributed by atoms with van der Waals surface area (Å²) in [6, 6.07) is 46.1. The van der Waals surface area contributed by atoms with Crippen LogP contribution in [-0.2, 0) is 0 Å². The minimum Gasteiger partial charge on any atom is -0.337 e. The zero-order chi connectivity index (χ0) is 28.5. The van der Waals surface area contributed by atoms with E-state index in [-0.39, 0.29) is 0 Å². The van der Waals surface area contributed by atoms with Gasteiger partial charge in [-0.1, -0.05) is 109 Å². The Kier molecular flexibility index (Phi) is 7.48. The fourth-order valence-corrected chi connectivity index (χ4v) is 6.21. The smallest absolute Gasteiger partial charge is 0.138 e. The van der Waals surface area contributed by atoms with Crippen LogP contribution in [0.2, 0.25) is 0 Å². The predicted molar refractivity (Wildman–Crippen MR) is 189 cm³/mol. The van der Waals surface area contributed by atoms with Gasteiger partial charge in [0.25, 0.3) is 0 Å². The van der Waals surface area contributed by atoms with Crippen LogP contribution in [-0.4, -0.2) is 19.9 Å². The van der Waals surface area contributed by atoms with E-state index in [9.17, 15) is 0 Å². The van der Waals surface area contributed by atoms with Gasteiger partial charge in [0.15, 0.2) is 0 Å². The topological polar surface area (TPSA) is 57.4 Å². The molecule has 0 saturated carbocycles. The van der Waals surface area contributed by atoms with E-state index in [0.29, 0.717) is 0 Å². The van der Waals surface area contributed by atoms with Crippen molar-refractivity contribution in [2.75, 3.05) is 0 Å². The number of hydrogen-bond acceptors (Lipinski definition) is 2. The lowest BCUT2D eigenvalue weighted by Crippen LogP contribution is -1.87.